The van der Waals surface area contributed by atoms with Crippen LogP contribution in [0.15, 0.2) is 0 Å². The number of hydrogen-bond acceptors (Lipinski definition) is 6. The van der Waals surface area contributed by atoms with Crippen LogP contribution in [0.3, 0.4) is 0 Å². The monoisotopic (exact) mass is 297 g/mol. The van der Waals surface area contributed by atoms with Gasteiger partial charge in [-0.1, -0.05) is 20.8 Å². The van der Waals surface area contributed by atoms with Crippen molar-refractivity contribution in [2.24, 2.45) is 5.92 Å². The predicted octanol–water partition coefficient (Wildman–Crippen LogP) is 2.42. The van der Waals surface area contributed by atoms with Crippen molar-refractivity contribution in [1.82, 2.24) is 9.36 Å². The van der Waals surface area contributed by atoms with Crippen LogP contribution in [0, 0.1) is 5.92 Å². The van der Waals surface area contributed by atoms with Crippen molar-refractivity contribution in [3.05, 3.63) is 5.82 Å². The van der Waals surface area contributed by atoms with Crippen molar-refractivity contribution in [3.8, 4) is 0 Å². The van der Waals surface area contributed by atoms with Crippen molar-refractivity contribution in [2.75, 3.05) is 31.2 Å². The summed E-state index contributed by atoms with van der Waals surface area (Å²) in [6.45, 7) is 9.99. The van der Waals surface area contributed by atoms with Gasteiger partial charge in [-0.15, -0.1) is 0 Å². The van der Waals surface area contributed by atoms with Crippen molar-refractivity contribution >= 4 is 16.7 Å². The zero-order valence-corrected chi connectivity index (χ0v) is 13.3. The van der Waals surface area contributed by atoms with Crippen LogP contribution in [0.1, 0.15) is 39.4 Å². The number of piperidine rings is 1. The second-order valence-corrected chi connectivity index (χ2v) is 7.32. The molecule has 0 spiro atoms. The summed E-state index contributed by atoms with van der Waals surface area (Å²) in [6, 6.07) is 0. The van der Waals surface area contributed by atoms with E-state index in [0.717, 1.165) is 50.1 Å². The maximum absolute atomic E-state index is 5.62. The normalized spacial score (nSPS) is 22.6. The Balaban J connectivity index is 1.59. The lowest BCUT2D eigenvalue weighted by Gasteiger charge is -2.33. The van der Waals surface area contributed by atoms with Crippen molar-refractivity contribution in [3.63, 3.8) is 0 Å². The Hall–Kier alpha value is -0.720. The first-order chi connectivity index (χ1) is 9.54. The molecule has 0 saturated carbocycles. The van der Waals surface area contributed by atoms with Crippen molar-refractivity contribution in [2.45, 2.75) is 45.3 Å². The highest BCUT2D eigenvalue weighted by Crippen LogP contribution is 2.31. The fourth-order valence-electron chi connectivity index (χ4n) is 2.66. The first-order valence-corrected chi connectivity index (χ1v) is 8.14. The van der Waals surface area contributed by atoms with Gasteiger partial charge < -0.3 is 14.4 Å². The maximum Gasteiger partial charge on any atom is 0.205 e. The maximum atomic E-state index is 5.62. The second kappa shape index (κ2) is 5.58. The van der Waals surface area contributed by atoms with Crippen LogP contribution in [0.2, 0.25) is 0 Å². The Morgan fingerprint density at radius 1 is 1.15 bits per heavy atom. The van der Waals surface area contributed by atoms with Gasteiger partial charge in [0.25, 0.3) is 0 Å². The number of nitrogens with zero attached hydrogens (tertiary/aromatic N) is 3. The summed E-state index contributed by atoms with van der Waals surface area (Å²) in [7, 11) is 0. The first-order valence-electron chi connectivity index (χ1n) is 7.36. The lowest BCUT2D eigenvalue weighted by atomic mass is 9.96. The third-order valence-corrected chi connectivity index (χ3v) is 4.71. The summed E-state index contributed by atoms with van der Waals surface area (Å²) in [4.78, 5) is 7.04. The summed E-state index contributed by atoms with van der Waals surface area (Å²) < 4.78 is 15.7. The number of ether oxygens (including phenoxy) is 2. The Bertz CT molecular complexity index is 444. The highest BCUT2D eigenvalue weighted by Gasteiger charge is 2.31. The highest BCUT2D eigenvalue weighted by molar-refractivity contribution is 7.09. The van der Waals surface area contributed by atoms with Crippen LogP contribution in [0.4, 0.5) is 5.13 Å². The van der Waals surface area contributed by atoms with Crippen LogP contribution >= 0.6 is 11.5 Å². The van der Waals surface area contributed by atoms with Gasteiger partial charge in [-0.25, -0.2) is 4.98 Å². The Kier molecular flexibility index (Phi) is 3.97. The average molecular weight is 297 g/mol. The Labute approximate surface area is 124 Å². The molecule has 2 fully saturated rings. The summed E-state index contributed by atoms with van der Waals surface area (Å²) in [5.74, 6) is 1.48. The minimum Gasteiger partial charge on any atom is -0.350 e. The van der Waals surface area contributed by atoms with Gasteiger partial charge in [-0.3, -0.25) is 0 Å². The molecule has 20 heavy (non-hydrogen) atoms. The molecule has 2 saturated heterocycles. The molecule has 0 aromatic carbocycles. The fourth-order valence-corrected chi connectivity index (χ4v) is 3.57. The van der Waals surface area contributed by atoms with Gasteiger partial charge >= 0.3 is 0 Å². The first kappa shape index (κ1) is 14.2. The second-order valence-electron chi connectivity index (χ2n) is 6.59. The van der Waals surface area contributed by atoms with Gasteiger partial charge in [0, 0.05) is 36.0 Å². The average Bonchev–Trinajstić information content (AvgIpc) is 3.10. The molecule has 0 amide bonds. The van der Waals surface area contributed by atoms with Gasteiger partial charge in [0.05, 0.1) is 13.2 Å². The molecule has 5 nitrogen and oxygen atoms in total. The van der Waals surface area contributed by atoms with Crippen molar-refractivity contribution in [1.29, 1.82) is 0 Å². The van der Waals surface area contributed by atoms with Crippen molar-refractivity contribution < 1.29 is 9.47 Å². The molecule has 0 unspecified atom stereocenters. The van der Waals surface area contributed by atoms with E-state index in [1.54, 1.807) is 0 Å². The van der Waals surface area contributed by atoms with E-state index >= 15 is 0 Å². The zero-order chi connectivity index (χ0) is 14.2. The molecule has 112 valence electrons. The number of rotatable bonds is 2. The van der Waals surface area contributed by atoms with E-state index < -0.39 is 0 Å². The molecule has 0 atom stereocenters. The molecule has 6 heteroatoms. The smallest absolute Gasteiger partial charge is 0.205 e. The summed E-state index contributed by atoms with van der Waals surface area (Å²) in [6.07, 6.45) is 2.24. The van der Waals surface area contributed by atoms with Gasteiger partial charge in [-0.05, 0) is 12.8 Å². The van der Waals surface area contributed by atoms with Gasteiger partial charge in [0.2, 0.25) is 5.13 Å². The summed E-state index contributed by atoms with van der Waals surface area (Å²) >= 11 is 1.52. The van der Waals surface area contributed by atoms with Gasteiger partial charge in [-0.2, -0.15) is 4.37 Å². The van der Waals surface area contributed by atoms with Gasteiger partial charge in [0.1, 0.15) is 5.82 Å². The lowest BCUT2D eigenvalue weighted by Crippen LogP contribution is -2.38. The largest absolute Gasteiger partial charge is 0.350 e. The van der Waals surface area contributed by atoms with E-state index in [4.69, 9.17) is 14.5 Å². The zero-order valence-electron chi connectivity index (χ0n) is 12.5. The molecular weight excluding hydrogens is 274 g/mol. The lowest BCUT2D eigenvalue weighted by molar-refractivity contribution is -0.0889. The number of anilines is 1. The Morgan fingerprint density at radius 3 is 2.35 bits per heavy atom. The molecule has 0 aliphatic carbocycles. The molecule has 2 aliphatic heterocycles. The number of aromatic nitrogens is 2. The summed E-state index contributed by atoms with van der Waals surface area (Å²) in [5.41, 5.74) is 0.0264. The van der Waals surface area contributed by atoms with E-state index in [2.05, 4.69) is 30.0 Å². The van der Waals surface area contributed by atoms with Crippen LogP contribution in [-0.4, -0.2) is 42.0 Å². The third-order valence-electron chi connectivity index (χ3n) is 3.93. The quantitative estimate of drug-likeness (QED) is 0.839. The standard InChI is InChI=1S/C14H23N3O2S/c1-14(2,3)12-15-13(20-16-12)17-6-4-10(5-7-17)11-18-8-9-19-11/h10-11H,4-9H2,1-3H3. The molecule has 3 heterocycles. The SMILES string of the molecule is CC(C)(C)c1nsc(N2CCC(C3OCCO3)CC2)n1. The van der Waals surface area contributed by atoms with E-state index in [1.165, 1.54) is 11.5 Å². The highest BCUT2D eigenvalue weighted by atomic mass is 32.1. The van der Waals surface area contributed by atoms with E-state index in [0.29, 0.717) is 5.92 Å². The molecule has 1 aromatic rings. The molecular formula is C14H23N3O2S. The molecule has 1 aromatic heterocycles. The van der Waals surface area contributed by atoms with Crippen LogP contribution in [0.5, 0.6) is 0 Å². The number of hydrogen-bond donors (Lipinski definition) is 0. The van der Waals surface area contributed by atoms with E-state index in [9.17, 15) is 0 Å². The van der Waals surface area contributed by atoms with Crippen LogP contribution in [0.25, 0.3) is 0 Å². The predicted molar refractivity (Wildman–Crippen MR) is 79.2 cm³/mol. The topological polar surface area (TPSA) is 47.5 Å². The minimum absolute atomic E-state index is 0.0247. The van der Waals surface area contributed by atoms with Crippen LogP contribution < -0.4 is 4.90 Å². The van der Waals surface area contributed by atoms with E-state index in [-0.39, 0.29) is 11.7 Å². The molecule has 0 bridgehead atoms. The molecule has 2 aliphatic rings. The van der Waals surface area contributed by atoms with E-state index in [1.807, 2.05) is 0 Å². The van der Waals surface area contributed by atoms with Crippen LogP contribution in [-0.2, 0) is 14.9 Å². The molecule has 3 rings (SSSR count). The minimum atomic E-state index is 0.0247. The van der Waals surface area contributed by atoms with Gasteiger partial charge in [0.15, 0.2) is 6.29 Å². The molecule has 0 radical (unpaired) electrons. The summed E-state index contributed by atoms with van der Waals surface area (Å²) in [5, 5.41) is 1.06. The molecule has 0 N–H and O–H groups in total. The Morgan fingerprint density at radius 2 is 1.80 bits per heavy atom. The fraction of sp³-hybridized carbons (Fsp3) is 0.857. The third kappa shape index (κ3) is 2.97.